The summed E-state index contributed by atoms with van der Waals surface area (Å²) in [5.41, 5.74) is 6.25. The quantitative estimate of drug-likeness (QED) is 0.0518. The fourth-order valence-electron chi connectivity index (χ4n) is 7.37. The van der Waals surface area contributed by atoms with E-state index in [9.17, 15) is 23.3 Å². The zero-order valence-electron chi connectivity index (χ0n) is 29.9. The van der Waals surface area contributed by atoms with E-state index in [4.69, 9.17) is 0 Å². The highest BCUT2D eigenvalue weighted by Crippen LogP contribution is 2.34. The molecule has 0 spiro atoms. The molecule has 54 heavy (non-hydrogen) atoms. The van der Waals surface area contributed by atoms with Crippen molar-refractivity contribution < 1.29 is 18.1 Å². The van der Waals surface area contributed by atoms with Gasteiger partial charge in [0.05, 0.1) is 9.82 Å². The van der Waals surface area contributed by atoms with E-state index >= 15 is 0 Å². The second-order valence-corrected chi connectivity index (χ2v) is 16.5. The van der Waals surface area contributed by atoms with Gasteiger partial charge in [0.25, 0.3) is 21.6 Å². The van der Waals surface area contributed by atoms with Crippen molar-refractivity contribution >= 4 is 44.8 Å². The first-order valence-electron chi connectivity index (χ1n) is 18.2. The average Bonchev–Trinajstić information content (AvgIpc) is 3.19. The van der Waals surface area contributed by atoms with Crippen LogP contribution >= 0.6 is 11.8 Å². The summed E-state index contributed by atoms with van der Waals surface area (Å²) in [5, 5.41) is 14.9. The minimum absolute atomic E-state index is 0.205. The van der Waals surface area contributed by atoms with Crippen molar-refractivity contribution in [2.75, 3.05) is 42.1 Å². The highest BCUT2D eigenvalue weighted by Gasteiger charge is 2.32. The molecule has 5 aromatic carbocycles. The number of anilines is 2. The predicted octanol–water partition coefficient (Wildman–Crippen LogP) is 7.34. The maximum absolute atomic E-state index is 13.3. The van der Waals surface area contributed by atoms with Gasteiger partial charge in [0, 0.05) is 66.7 Å². The Labute approximate surface area is 320 Å². The van der Waals surface area contributed by atoms with Crippen LogP contribution in [-0.2, 0) is 35.8 Å². The predicted molar refractivity (Wildman–Crippen MR) is 215 cm³/mol. The van der Waals surface area contributed by atoms with Gasteiger partial charge in [-0.25, -0.2) is 13.1 Å². The number of carbonyl (C=O) groups excluding carboxylic acids is 1. The fraction of sp³-hybridized carbons (Fsp3) is 0.262. The molecule has 1 atom stereocenters. The third-order valence-corrected chi connectivity index (χ3v) is 12.5. The van der Waals surface area contributed by atoms with Crippen molar-refractivity contribution in [2.24, 2.45) is 0 Å². The summed E-state index contributed by atoms with van der Waals surface area (Å²) in [6.07, 6.45) is 3.72. The van der Waals surface area contributed by atoms with E-state index in [1.54, 1.807) is 23.9 Å². The van der Waals surface area contributed by atoms with Crippen molar-refractivity contribution in [2.45, 2.75) is 48.1 Å². The van der Waals surface area contributed by atoms with Crippen molar-refractivity contribution in [3.05, 3.63) is 159 Å². The lowest BCUT2D eigenvalue weighted by Crippen LogP contribution is -2.54. The molecule has 0 saturated carbocycles. The largest absolute Gasteiger partial charge is 0.379 e. The first-order valence-corrected chi connectivity index (χ1v) is 20.7. The topological polar surface area (TPSA) is 125 Å². The third-order valence-electron chi connectivity index (χ3n) is 10.1. The van der Waals surface area contributed by atoms with Crippen molar-refractivity contribution in [3.8, 4) is 0 Å². The zero-order valence-corrected chi connectivity index (χ0v) is 31.5. The van der Waals surface area contributed by atoms with Crippen LogP contribution in [0.5, 0.6) is 0 Å². The SMILES string of the molecule is O=C(NS(=O)(=O)c1ccc(NCCSc2ccccc2)c([N+](=O)[O-])c1)c1ccc2c(c1)CC[C@@H]1CN(Cc3ccccc3CCc3ccccc3)CCN21. The Morgan fingerprint density at radius 3 is 2.37 bits per heavy atom. The molecular weight excluding hydrogens is 719 g/mol. The van der Waals surface area contributed by atoms with Crippen LogP contribution in [0.2, 0.25) is 0 Å². The van der Waals surface area contributed by atoms with Gasteiger partial charge in [-0.1, -0.05) is 72.8 Å². The van der Waals surface area contributed by atoms with Crippen molar-refractivity contribution in [3.63, 3.8) is 0 Å². The summed E-state index contributed by atoms with van der Waals surface area (Å²) in [6, 6.07) is 38.4. The number of nitrogens with zero attached hydrogens (tertiary/aromatic N) is 3. The van der Waals surface area contributed by atoms with Crippen LogP contribution in [0.15, 0.2) is 131 Å². The Balaban J connectivity index is 0.956. The van der Waals surface area contributed by atoms with E-state index in [1.165, 1.54) is 28.8 Å². The molecule has 12 heteroatoms. The molecular formula is C42H43N5O5S2. The minimum atomic E-state index is -4.39. The van der Waals surface area contributed by atoms with Crippen molar-refractivity contribution in [1.29, 1.82) is 0 Å². The van der Waals surface area contributed by atoms with Crippen LogP contribution in [0.25, 0.3) is 0 Å². The molecule has 7 rings (SSSR count). The molecule has 0 bridgehead atoms. The Morgan fingerprint density at radius 2 is 1.59 bits per heavy atom. The van der Waals surface area contributed by atoms with Crippen LogP contribution in [-0.4, -0.2) is 62.1 Å². The molecule has 5 aromatic rings. The minimum Gasteiger partial charge on any atom is -0.379 e. The number of sulfonamides is 1. The molecule has 1 amide bonds. The number of carbonyl (C=O) groups is 1. The Kier molecular flexibility index (Phi) is 11.6. The van der Waals surface area contributed by atoms with Gasteiger partial charge in [-0.05, 0) is 90.4 Å². The summed E-state index contributed by atoms with van der Waals surface area (Å²) < 4.78 is 28.7. The number of nitro benzene ring substituents is 1. The first-order chi connectivity index (χ1) is 26.2. The van der Waals surface area contributed by atoms with Gasteiger partial charge in [-0.15, -0.1) is 11.8 Å². The number of thioether (sulfide) groups is 1. The van der Waals surface area contributed by atoms with Crippen LogP contribution in [0.4, 0.5) is 17.1 Å². The second-order valence-electron chi connectivity index (χ2n) is 13.7. The van der Waals surface area contributed by atoms with Gasteiger partial charge in [0.15, 0.2) is 0 Å². The van der Waals surface area contributed by atoms with E-state index in [2.05, 4.69) is 74.4 Å². The van der Waals surface area contributed by atoms with Crippen LogP contribution in [0.3, 0.4) is 0 Å². The number of fused-ring (bicyclic) bond motifs is 3. The van der Waals surface area contributed by atoms with E-state index in [0.29, 0.717) is 18.3 Å². The lowest BCUT2D eigenvalue weighted by Gasteiger charge is -2.46. The van der Waals surface area contributed by atoms with Crippen LogP contribution in [0, 0.1) is 10.1 Å². The molecule has 0 unspecified atom stereocenters. The number of hydrogen-bond donors (Lipinski definition) is 2. The fourth-order valence-corrected chi connectivity index (χ4v) is 9.15. The number of piperazine rings is 1. The molecule has 1 saturated heterocycles. The highest BCUT2D eigenvalue weighted by atomic mass is 32.2. The molecule has 0 aliphatic carbocycles. The molecule has 278 valence electrons. The average molecular weight is 762 g/mol. The number of rotatable bonds is 14. The number of hydrogen-bond acceptors (Lipinski definition) is 9. The molecule has 2 aliphatic rings. The Hall–Kier alpha value is -5.17. The van der Waals surface area contributed by atoms with Gasteiger partial charge < -0.3 is 10.2 Å². The summed E-state index contributed by atoms with van der Waals surface area (Å²) in [4.78, 5) is 30.2. The monoisotopic (exact) mass is 761 g/mol. The number of benzene rings is 5. The lowest BCUT2D eigenvalue weighted by molar-refractivity contribution is -0.384. The van der Waals surface area contributed by atoms with Gasteiger partial charge >= 0.3 is 0 Å². The number of nitro groups is 1. The van der Waals surface area contributed by atoms with Crippen LogP contribution < -0.4 is 14.9 Å². The Morgan fingerprint density at radius 1 is 0.852 bits per heavy atom. The Bertz CT molecular complexity index is 2220. The zero-order chi connectivity index (χ0) is 37.5. The van der Waals surface area contributed by atoms with Crippen LogP contribution in [0.1, 0.15) is 39.0 Å². The molecule has 2 N–H and O–H groups in total. The number of amides is 1. The van der Waals surface area contributed by atoms with Gasteiger partial charge in [-0.2, -0.15) is 0 Å². The van der Waals surface area contributed by atoms with Gasteiger partial charge in [0.1, 0.15) is 5.69 Å². The molecule has 0 radical (unpaired) electrons. The summed E-state index contributed by atoms with van der Waals surface area (Å²) in [5.74, 6) is -0.127. The molecule has 10 nitrogen and oxygen atoms in total. The third kappa shape index (κ3) is 8.95. The summed E-state index contributed by atoms with van der Waals surface area (Å²) in [6.45, 7) is 4.06. The van der Waals surface area contributed by atoms with Gasteiger partial charge in [0.2, 0.25) is 0 Å². The second kappa shape index (κ2) is 16.9. The van der Waals surface area contributed by atoms with Gasteiger partial charge in [-0.3, -0.25) is 19.8 Å². The van der Waals surface area contributed by atoms with E-state index in [1.807, 2.05) is 36.4 Å². The molecule has 2 aliphatic heterocycles. The molecule has 0 aromatic heterocycles. The maximum atomic E-state index is 13.3. The summed E-state index contributed by atoms with van der Waals surface area (Å²) >= 11 is 1.60. The first kappa shape index (κ1) is 37.2. The molecule has 1 fully saturated rings. The van der Waals surface area contributed by atoms with E-state index in [-0.39, 0.29) is 21.8 Å². The maximum Gasteiger partial charge on any atom is 0.293 e. The lowest BCUT2D eigenvalue weighted by atomic mass is 9.92. The normalized spacial score (nSPS) is 15.6. The van der Waals surface area contributed by atoms with Crippen molar-refractivity contribution in [1.82, 2.24) is 9.62 Å². The smallest absolute Gasteiger partial charge is 0.293 e. The molecule has 2 heterocycles. The highest BCUT2D eigenvalue weighted by molar-refractivity contribution is 7.99. The number of nitrogens with one attached hydrogen (secondary N) is 2. The number of aryl methyl sites for hydroxylation is 3. The van der Waals surface area contributed by atoms with E-state index < -0.39 is 20.9 Å². The standard InChI is InChI=1S/C42H43N5O5S2/c48-42(44-54(51,52)38-20-21-39(41(28-38)47(49)50)43-23-26-53-37-13-5-2-6-14-37)34-18-22-40-33(27-34)17-19-36-30-45(24-25-46(36)40)29-35-12-8-7-11-32(35)16-15-31-9-3-1-4-10-31/h1-14,18,20-22,27-28,36,43H,15-17,19,23-26,29-30H2,(H,44,48)/t36-/m1/s1. The summed E-state index contributed by atoms with van der Waals surface area (Å²) in [7, 11) is -4.39. The van der Waals surface area contributed by atoms with E-state index in [0.717, 1.165) is 74.1 Å².